The maximum Gasteiger partial charge on any atom is 0.573 e. The summed E-state index contributed by atoms with van der Waals surface area (Å²) in [5.74, 6) is -0.307. The Labute approximate surface area is 113 Å². The van der Waals surface area contributed by atoms with Crippen molar-refractivity contribution in [2.75, 3.05) is 5.32 Å². The smallest absolute Gasteiger partial charge is 0.406 e. The van der Waals surface area contributed by atoms with Gasteiger partial charge in [-0.05, 0) is 30.3 Å². The minimum Gasteiger partial charge on any atom is -0.406 e. The predicted molar refractivity (Wildman–Crippen MR) is 67.6 cm³/mol. The molecule has 0 saturated heterocycles. The van der Waals surface area contributed by atoms with Gasteiger partial charge in [-0.3, -0.25) is 0 Å². The lowest BCUT2D eigenvalue weighted by atomic mass is 10.2. The van der Waals surface area contributed by atoms with Gasteiger partial charge in [-0.25, -0.2) is 0 Å². The molecule has 0 aliphatic heterocycles. The Kier molecular flexibility index (Phi) is 3.80. The molecule has 0 aliphatic rings. The zero-order valence-corrected chi connectivity index (χ0v) is 10.1. The van der Waals surface area contributed by atoms with E-state index in [0.29, 0.717) is 16.9 Å². The molecule has 0 aromatic heterocycles. The normalized spacial score (nSPS) is 10.7. The minimum atomic E-state index is -4.72. The van der Waals surface area contributed by atoms with Crippen LogP contribution < -0.4 is 10.1 Å². The number of alkyl halides is 3. The van der Waals surface area contributed by atoms with E-state index in [-0.39, 0.29) is 5.75 Å². The van der Waals surface area contributed by atoms with Crippen LogP contribution in [0.1, 0.15) is 5.56 Å². The number of benzene rings is 2. The average molecular weight is 278 g/mol. The lowest BCUT2D eigenvalue weighted by Gasteiger charge is -2.11. The highest BCUT2D eigenvalue weighted by atomic mass is 19.4. The number of nitrogens with zero attached hydrogens (tertiary/aromatic N) is 1. The van der Waals surface area contributed by atoms with Gasteiger partial charge in [0.25, 0.3) is 0 Å². The van der Waals surface area contributed by atoms with Crippen LogP contribution in [0.4, 0.5) is 24.5 Å². The third-order valence-corrected chi connectivity index (χ3v) is 2.35. The van der Waals surface area contributed by atoms with Gasteiger partial charge < -0.3 is 10.1 Å². The molecule has 1 N–H and O–H groups in total. The molecule has 0 aliphatic carbocycles. The largest absolute Gasteiger partial charge is 0.573 e. The highest BCUT2D eigenvalue weighted by Gasteiger charge is 2.31. The number of rotatable bonds is 3. The van der Waals surface area contributed by atoms with Gasteiger partial charge in [-0.15, -0.1) is 13.2 Å². The van der Waals surface area contributed by atoms with Crippen LogP contribution in [0.2, 0.25) is 0 Å². The number of hydrogen-bond acceptors (Lipinski definition) is 3. The molecule has 2 aromatic rings. The Morgan fingerprint density at radius 1 is 1.00 bits per heavy atom. The molecular weight excluding hydrogens is 269 g/mol. The van der Waals surface area contributed by atoms with E-state index in [1.165, 1.54) is 18.2 Å². The van der Waals surface area contributed by atoms with E-state index in [2.05, 4.69) is 10.1 Å². The lowest BCUT2D eigenvalue weighted by Crippen LogP contribution is -2.17. The van der Waals surface area contributed by atoms with Crippen molar-refractivity contribution < 1.29 is 17.9 Å². The summed E-state index contributed by atoms with van der Waals surface area (Å²) < 4.78 is 40.2. The highest BCUT2D eigenvalue weighted by Crippen LogP contribution is 2.26. The molecule has 6 heteroatoms. The molecule has 0 spiro atoms. The second kappa shape index (κ2) is 5.53. The summed E-state index contributed by atoms with van der Waals surface area (Å²) in [4.78, 5) is 0. The Balaban J connectivity index is 2.17. The second-order valence-corrected chi connectivity index (χ2v) is 3.89. The van der Waals surface area contributed by atoms with E-state index in [0.717, 1.165) is 0 Å². The zero-order valence-electron chi connectivity index (χ0n) is 10.1. The molecule has 0 saturated carbocycles. The van der Waals surface area contributed by atoms with Crippen LogP contribution in [0.15, 0.2) is 48.5 Å². The van der Waals surface area contributed by atoms with Crippen molar-refractivity contribution in [1.29, 1.82) is 5.26 Å². The molecule has 0 unspecified atom stereocenters. The van der Waals surface area contributed by atoms with E-state index < -0.39 is 6.36 Å². The summed E-state index contributed by atoms with van der Waals surface area (Å²) in [5, 5.41) is 11.7. The molecule has 0 radical (unpaired) electrons. The van der Waals surface area contributed by atoms with Gasteiger partial charge in [-0.1, -0.05) is 12.1 Å². The monoisotopic (exact) mass is 278 g/mol. The highest BCUT2D eigenvalue weighted by molar-refractivity contribution is 5.62. The summed E-state index contributed by atoms with van der Waals surface area (Å²) in [6.07, 6.45) is -4.72. The van der Waals surface area contributed by atoms with Crippen LogP contribution >= 0.6 is 0 Å². The van der Waals surface area contributed by atoms with Gasteiger partial charge >= 0.3 is 6.36 Å². The predicted octanol–water partition coefficient (Wildman–Crippen LogP) is 4.20. The molecule has 2 rings (SSSR count). The molecule has 0 amide bonds. The van der Waals surface area contributed by atoms with Gasteiger partial charge in [-0.2, -0.15) is 5.26 Å². The van der Waals surface area contributed by atoms with Crippen LogP contribution in [0.5, 0.6) is 5.75 Å². The van der Waals surface area contributed by atoms with E-state index in [9.17, 15) is 13.2 Å². The molecule has 0 bridgehead atoms. The quantitative estimate of drug-likeness (QED) is 0.915. The second-order valence-electron chi connectivity index (χ2n) is 3.89. The molecular formula is C14H9F3N2O. The number of nitrogens with one attached hydrogen (secondary N) is 1. The number of nitriles is 1. The van der Waals surface area contributed by atoms with E-state index in [1.54, 1.807) is 30.3 Å². The number of anilines is 2. The van der Waals surface area contributed by atoms with Crippen LogP contribution in [-0.4, -0.2) is 6.36 Å². The molecule has 102 valence electrons. The molecule has 0 heterocycles. The van der Waals surface area contributed by atoms with Gasteiger partial charge in [0.15, 0.2) is 0 Å². The van der Waals surface area contributed by atoms with Crippen molar-refractivity contribution in [2.45, 2.75) is 6.36 Å². The van der Waals surface area contributed by atoms with Gasteiger partial charge in [0, 0.05) is 17.4 Å². The van der Waals surface area contributed by atoms with Gasteiger partial charge in [0.2, 0.25) is 0 Å². The maximum absolute atomic E-state index is 12.1. The molecule has 0 fully saturated rings. The Hall–Kier alpha value is -2.68. The summed E-state index contributed by atoms with van der Waals surface area (Å²) in [5.41, 5.74) is 1.49. The Bertz CT molecular complexity index is 647. The molecule has 0 atom stereocenters. The SMILES string of the molecule is N#Cc1cccc(Nc2cccc(OC(F)(F)F)c2)c1. The molecule has 20 heavy (non-hydrogen) atoms. The standard InChI is InChI=1S/C14H9F3N2O/c15-14(16,17)20-13-6-2-5-12(8-13)19-11-4-1-3-10(7-11)9-18/h1-8,19H. The fraction of sp³-hybridized carbons (Fsp3) is 0.0714. The fourth-order valence-corrected chi connectivity index (χ4v) is 1.60. The van der Waals surface area contributed by atoms with Crippen molar-refractivity contribution in [3.05, 3.63) is 54.1 Å². The van der Waals surface area contributed by atoms with E-state index in [4.69, 9.17) is 5.26 Å². The first-order valence-electron chi connectivity index (χ1n) is 5.59. The van der Waals surface area contributed by atoms with Crippen molar-refractivity contribution >= 4 is 11.4 Å². The Morgan fingerprint density at radius 2 is 1.65 bits per heavy atom. The first-order chi connectivity index (χ1) is 9.46. The summed E-state index contributed by atoms with van der Waals surface area (Å²) in [6, 6.07) is 14.1. The summed E-state index contributed by atoms with van der Waals surface area (Å²) >= 11 is 0. The van der Waals surface area contributed by atoms with Crippen LogP contribution in [0, 0.1) is 11.3 Å². The third kappa shape index (κ3) is 3.92. The fourth-order valence-electron chi connectivity index (χ4n) is 1.60. The van der Waals surface area contributed by atoms with Crippen LogP contribution in [-0.2, 0) is 0 Å². The maximum atomic E-state index is 12.1. The van der Waals surface area contributed by atoms with Crippen molar-refractivity contribution in [2.24, 2.45) is 0 Å². The molecule has 2 aromatic carbocycles. The number of halogens is 3. The van der Waals surface area contributed by atoms with Crippen LogP contribution in [0.3, 0.4) is 0 Å². The first-order valence-corrected chi connectivity index (χ1v) is 5.59. The van der Waals surface area contributed by atoms with Crippen molar-refractivity contribution in [3.63, 3.8) is 0 Å². The number of ether oxygens (including phenoxy) is 1. The van der Waals surface area contributed by atoms with E-state index in [1.807, 2.05) is 6.07 Å². The number of hydrogen-bond donors (Lipinski definition) is 1. The minimum absolute atomic E-state index is 0.307. The summed E-state index contributed by atoms with van der Waals surface area (Å²) in [6.45, 7) is 0. The summed E-state index contributed by atoms with van der Waals surface area (Å²) in [7, 11) is 0. The van der Waals surface area contributed by atoms with Crippen molar-refractivity contribution in [1.82, 2.24) is 0 Å². The average Bonchev–Trinajstić information content (AvgIpc) is 2.37. The third-order valence-electron chi connectivity index (χ3n) is 2.35. The molecule has 3 nitrogen and oxygen atoms in total. The topological polar surface area (TPSA) is 45.0 Å². The van der Waals surface area contributed by atoms with Gasteiger partial charge in [0.05, 0.1) is 11.6 Å². The Morgan fingerprint density at radius 3 is 2.30 bits per heavy atom. The van der Waals surface area contributed by atoms with Crippen molar-refractivity contribution in [3.8, 4) is 11.8 Å². The van der Waals surface area contributed by atoms with E-state index >= 15 is 0 Å². The van der Waals surface area contributed by atoms with Crippen LogP contribution in [0.25, 0.3) is 0 Å². The zero-order chi connectivity index (χ0) is 14.6. The lowest BCUT2D eigenvalue weighted by molar-refractivity contribution is -0.274. The van der Waals surface area contributed by atoms with Gasteiger partial charge in [0.1, 0.15) is 5.75 Å². The first kappa shape index (κ1) is 13.7.